The van der Waals surface area contributed by atoms with Gasteiger partial charge in [0.05, 0.1) is 24.0 Å². The second-order valence-corrected chi connectivity index (χ2v) is 5.23. The van der Waals surface area contributed by atoms with Crippen molar-refractivity contribution in [2.45, 2.75) is 13.3 Å². The highest BCUT2D eigenvalue weighted by Crippen LogP contribution is 2.18. The molecule has 0 saturated heterocycles. The molecule has 0 aliphatic heterocycles. The van der Waals surface area contributed by atoms with Crippen LogP contribution in [-0.4, -0.2) is 9.55 Å². The Hall–Kier alpha value is -1.65. The maximum Gasteiger partial charge on any atom is 0.124 e. The lowest BCUT2D eigenvalue weighted by molar-refractivity contribution is 0.0664. The van der Waals surface area contributed by atoms with Gasteiger partial charge in [-0.1, -0.05) is 46.3 Å². The maximum absolute atomic E-state index is 5.71. The molecule has 0 radical (unpaired) electrons. The Morgan fingerprint density at radius 3 is 2.79 bits per heavy atom. The predicted octanol–water partition coefficient (Wildman–Crippen LogP) is 3.97. The molecule has 4 heteroatoms. The molecule has 0 fully saturated rings. The summed E-state index contributed by atoms with van der Waals surface area (Å²) in [7, 11) is 0. The summed E-state index contributed by atoms with van der Waals surface area (Å²) in [4.78, 5) is 4.36. The van der Waals surface area contributed by atoms with Crippen LogP contribution in [0.1, 0.15) is 5.56 Å². The van der Waals surface area contributed by atoms with Crippen LogP contribution in [0.15, 0.2) is 59.3 Å². The zero-order valence-corrected chi connectivity index (χ0v) is 11.9. The number of nitrogens with zero attached hydrogens (tertiary/aromatic N) is 2. The van der Waals surface area contributed by atoms with E-state index in [0.717, 1.165) is 15.5 Å². The van der Waals surface area contributed by atoms with Crippen molar-refractivity contribution in [1.29, 1.82) is 0 Å². The van der Waals surface area contributed by atoms with Crippen molar-refractivity contribution in [3.63, 3.8) is 0 Å². The van der Waals surface area contributed by atoms with Gasteiger partial charge in [0.2, 0.25) is 0 Å². The van der Waals surface area contributed by atoms with E-state index in [1.807, 2.05) is 47.3 Å². The van der Waals surface area contributed by atoms with Crippen molar-refractivity contribution < 1.29 is 4.74 Å². The maximum atomic E-state index is 5.71. The second-order valence-electron chi connectivity index (χ2n) is 4.31. The molecular weight excluding hydrogens is 304 g/mol. The van der Waals surface area contributed by atoms with E-state index in [-0.39, 0.29) is 0 Å². The summed E-state index contributed by atoms with van der Waals surface area (Å²) in [5.74, 6) is 0. The Balaban J connectivity index is 1.69. The van der Waals surface area contributed by atoms with Gasteiger partial charge in [-0.15, -0.1) is 0 Å². The third-order valence-electron chi connectivity index (χ3n) is 2.93. The first-order valence-electron chi connectivity index (χ1n) is 6.05. The molecule has 3 aromatic rings. The smallest absolute Gasteiger partial charge is 0.124 e. The second kappa shape index (κ2) is 5.55. The summed E-state index contributed by atoms with van der Waals surface area (Å²) in [6.45, 7) is 1.12. The van der Waals surface area contributed by atoms with Crippen LogP contribution >= 0.6 is 15.9 Å². The lowest BCUT2D eigenvalue weighted by Crippen LogP contribution is -2.01. The minimum absolute atomic E-state index is 0.507. The molecule has 3 rings (SSSR count). The van der Waals surface area contributed by atoms with E-state index in [2.05, 4.69) is 33.0 Å². The lowest BCUT2D eigenvalue weighted by Gasteiger charge is -2.06. The molecule has 0 amide bonds. The molecular formula is C15H13BrN2O. The predicted molar refractivity (Wildman–Crippen MR) is 78.7 cm³/mol. The molecule has 0 N–H and O–H groups in total. The van der Waals surface area contributed by atoms with Crippen molar-refractivity contribution >= 4 is 27.0 Å². The van der Waals surface area contributed by atoms with Gasteiger partial charge in [-0.3, -0.25) is 0 Å². The molecule has 1 aromatic heterocycles. The molecule has 1 heterocycles. The third-order valence-corrected chi connectivity index (χ3v) is 3.42. The minimum atomic E-state index is 0.507. The van der Waals surface area contributed by atoms with Gasteiger partial charge in [-0.25, -0.2) is 4.98 Å². The standard InChI is InChI=1S/C15H13BrN2O/c16-13-6-7-15-14(8-13)17-10-18(15)11-19-9-12-4-2-1-3-5-12/h1-8,10H,9,11H2. The number of halogens is 1. The van der Waals surface area contributed by atoms with Crippen LogP contribution in [0.25, 0.3) is 11.0 Å². The van der Waals surface area contributed by atoms with E-state index in [1.54, 1.807) is 0 Å². The minimum Gasteiger partial charge on any atom is -0.356 e. The molecule has 0 unspecified atom stereocenters. The molecule has 96 valence electrons. The Morgan fingerprint density at radius 1 is 1.11 bits per heavy atom. The average molecular weight is 317 g/mol. The van der Waals surface area contributed by atoms with Gasteiger partial charge < -0.3 is 9.30 Å². The third kappa shape index (κ3) is 2.85. The number of ether oxygens (including phenoxy) is 1. The Morgan fingerprint density at radius 2 is 1.95 bits per heavy atom. The first-order valence-corrected chi connectivity index (χ1v) is 6.84. The fourth-order valence-electron chi connectivity index (χ4n) is 1.98. The largest absolute Gasteiger partial charge is 0.356 e. The van der Waals surface area contributed by atoms with Crippen molar-refractivity contribution in [1.82, 2.24) is 9.55 Å². The zero-order valence-electron chi connectivity index (χ0n) is 10.3. The highest BCUT2D eigenvalue weighted by Gasteiger charge is 2.02. The molecule has 3 nitrogen and oxygen atoms in total. The van der Waals surface area contributed by atoms with Crippen molar-refractivity contribution in [2.75, 3.05) is 0 Å². The van der Waals surface area contributed by atoms with Crippen molar-refractivity contribution in [2.24, 2.45) is 0 Å². The van der Waals surface area contributed by atoms with E-state index in [1.165, 1.54) is 5.56 Å². The van der Waals surface area contributed by atoms with E-state index in [0.29, 0.717) is 13.3 Å². The number of hydrogen-bond acceptors (Lipinski definition) is 2. The van der Waals surface area contributed by atoms with Gasteiger partial charge in [0.1, 0.15) is 6.73 Å². The molecule has 0 saturated carbocycles. The zero-order chi connectivity index (χ0) is 13.1. The van der Waals surface area contributed by atoms with Gasteiger partial charge in [0.25, 0.3) is 0 Å². The number of fused-ring (bicyclic) bond motifs is 1. The van der Waals surface area contributed by atoms with Crippen LogP contribution in [0, 0.1) is 0 Å². The Labute approximate surface area is 120 Å². The van der Waals surface area contributed by atoms with Gasteiger partial charge in [-0.05, 0) is 23.8 Å². The fraction of sp³-hybridized carbons (Fsp3) is 0.133. The average Bonchev–Trinajstić information content (AvgIpc) is 2.82. The fourth-order valence-corrected chi connectivity index (χ4v) is 2.32. The van der Waals surface area contributed by atoms with Crippen LogP contribution in [-0.2, 0) is 18.1 Å². The van der Waals surface area contributed by atoms with Crippen LogP contribution in [0.5, 0.6) is 0 Å². The number of hydrogen-bond donors (Lipinski definition) is 0. The molecule has 0 aliphatic carbocycles. The van der Waals surface area contributed by atoms with Crippen LogP contribution in [0.2, 0.25) is 0 Å². The van der Waals surface area contributed by atoms with E-state index >= 15 is 0 Å². The Bertz CT molecular complexity index is 679. The van der Waals surface area contributed by atoms with Crippen molar-refractivity contribution in [3.05, 3.63) is 64.9 Å². The SMILES string of the molecule is Brc1ccc2c(c1)ncn2COCc1ccccc1. The quantitative estimate of drug-likeness (QED) is 0.728. The van der Waals surface area contributed by atoms with E-state index in [4.69, 9.17) is 4.74 Å². The molecule has 2 aromatic carbocycles. The summed E-state index contributed by atoms with van der Waals surface area (Å²) < 4.78 is 8.76. The molecule has 0 aliphatic rings. The monoisotopic (exact) mass is 316 g/mol. The lowest BCUT2D eigenvalue weighted by atomic mass is 10.2. The number of imidazole rings is 1. The molecule has 0 atom stereocenters. The highest BCUT2D eigenvalue weighted by atomic mass is 79.9. The molecule has 0 bridgehead atoms. The number of rotatable bonds is 4. The van der Waals surface area contributed by atoms with Gasteiger partial charge >= 0.3 is 0 Å². The van der Waals surface area contributed by atoms with Crippen LogP contribution in [0.3, 0.4) is 0 Å². The topological polar surface area (TPSA) is 27.1 Å². The Kier molecular flexibility index (Phi) is 3.62. The summed E-state index contributed by atoms with van der Waals surface area (Å²) in [6, 6.07) is 16.2. The highest BCUT2D eigenvalue weighted by molar-refractivity contribution is 9.10. The number of aromatic nitrogens is 2. The number of benzene rings is 2. The first kappa shape index (κ1) is 12.4. The summed E-state index contributed by atoms with van der Waals surface area (Å²) in [5.41, 5.74) is 3.23. The molecule has 19 heavy (non-hydrogen) atoms. The molecule has 0 spiro atoms. The summed E-state index contributed by atoms with van der Waals surface area (Å²) >= 11 is 3.44. The summed E-state index contributed by atoms with van der Waals surface area (Å²) in [5, 5.41) is 0. The van der Waals surface area contributed by atoms with E-state index < -0.39 is 0 Å². The first-order chi connectivity index (χ1) is 9.33. The summed E-state index contributed by atoms with van der Waals surface area (Å²) in [6.07, 6.45) is 1.81. The normalized spacial score (nSPS) is 11.0. The van der Waals surface area contributed by atoms with Crippen LogP contribution < -0.4 is 0 Å². The van der Waals surface area contributed by atoms with Crippen LogP contribution in [0.4, 0.5) is 0 Å². The van der Waals surface area contributed by atoms with Gasteiger partial charge in [0, 0.05) is 4.47 Å². The van der Waals surface area contributed by atoms with Gasteiger partial charge in [0.15, 0.2) is 0 Å². The van der Waals surface area contributed by atoms with Crippen molar-refractivity contribution in [3.8, 4) is 0 Å². The van der Waals surface area contributed by atoms with E-state index in [9.17, 15) is 0 Å². The van der Waals surface area contributed by atoms with Gasteiger partial charge in [-0.2, -0.15) is 0 Å².